The van der Waals surface area contributed by atoms with Crippen LogP contribution < -0.4 is 5.32 Å². The number of carbonyl (C=O) groups excluding carboxylic acids is 2. The summed E-state index contributed by atoms with van der Waals surface area (Å²) >= 11 is 0. The zero-order valence-electron chi connectivity index (χ0n) is 16.9. The summed E-state index contributed by atoms with van der Waals surface area (Å²) < 4.78 is 11.2. The van der Waals surface area contributed by atoms with Crippen LogP contribution in [0.15, 0.2) is 17.9 Å². The van der Waals surface area contributed by atoms with Gasteiger partial charge in [-0.15, -0.1) is 0 Å². The molecule has 1 amide bonds. The summed E-state index contributed by atoms with van der Waals surface area (Å²) in [5.74, 6) is -0.0463. The zero-order chi connectivity index (χ0) is 19.8. The molecule has 1 aromatic carbocycles. The summed E-state index contributed by atoms with van der Waals surface area (Å²) in [4.78, 5) is 25.0. The van der Waals surface area contributed by atoms with E-state index in [1.54, 1.807) is 7.11 Å². The molecule has 0 saturated heterocycles. The van der Waals surface area contributed by atoms with Gasteiger partial charge in [-0.2, -0.15) is 0 Å². The molecule has 5 nitrogen and oxygen atoms in total. The summed E-state index contributed by atoms with van der Waals surface area (Å²) in [6.45, 7) is 7.54. The summed E-state index contributed by atoms with van der Waals surface area (Å²) in [7, 11) is 1.72. The van der Waals surface area contributed by atoms with Gasteiger partial charge < -0.3 is 14.8 Å². The smallest absolute Gasteiger partial charge is 0.307 e. The second kappa shape index (κ2) is 7.47. The Morgan fingerprint density at radius 3 is 2.48 bits per heavy atom. The SMILES string of the molecule is CCc1cc(C)cc(C)c1C1=C(OC(C)=O)C2(CCC(OC)CC2)NC1=O. The van der Waals surface area contributed by atoms with Crippen LogP contribution >= 0.6 is 0 Å². The van der Waals surface area contributed by atoms with Crippen molar-refractivity contribution < 1.29 is 19.1 Å². The molecule has 1 aliphatic heterocycles. The first-order valence-corrected chi connectivity index (χ1v) is 9.70. The molecule has 1 aliphatic carbocycles. The number of benzene rings is 1. The molecule has 3 rings (SSSR count). The van der Waals surface area contributed by atoms with E-state index in [0.717, 1.165) is 41.5 Å². The van der Waals surface area contributed by atoms with Crippen molar-refractivity contribution in [2.75, 3.05) is 7.11 Å². The lowest BCUT2D eigenvalue weighted by molar-refractivity contribution is -0.138. The highest BCUT2D eigenvalue weighted by Gasteiger charge is 2.50. The van der Waals surface area contributed by atoms with Crippen molar-refractivity contribution in [2.45, 2.75) is 71.4 Å². The molecule has 1 fully saturated rings. The first-order chi connectivity index (χ1) is 12.8. The molecule has 0 atom stereocenters. The summed E-state index contributed by atoms with van der Waals surface area (Å²) in [6.07, 6.45) is 4.04. The minimum absolute atomic E-state index is 0.149. The molecule has 1 aromatic rings. The van der Waals surface area contributed by atoms with E-state index < -0.39 is 11.5 Å². The molecule has 1 spiro atoms. The molecule has 0 unspecified atom stereocenters. The number of esters is 1. The van der Waals surface area contributed by atoms with Gasteiger partial charge in [0.25, 0.3) is 5.91 Å². The van der Waals surface area contributed by atoms with Gasteiger partial charge in [-0.1, -0.05) is 24.6 Å². The predicted octanol–water partition coefficient (Wildman–Crippen LogP) is 3.60. The fourth-order valence-corrected chi connectivity index (χ4v) is 4.56. The maximum absolute atomic E-state index is 13.1. The van der Waals surface area contributed by atoms with Crippen molar-refractivity contribution in [3.05, 3.63) is 40.1 Å². The minimum Gasteiger partial charge on any atom is -0.428 e. The van der Waals surface area contributed by atoms with Crippen molar-refractivity contribution in [1.82, 2.24) is 5.32 Å². The van der Waals surface area contributed by atoms with Gasteiger partial charge in [-0.3, -0.25) is 9.59 Å². The number of rotatable bonds is 4. The number of hydrogen-bond donors (Lipinski definition) is 1. The number of amides is 1. The van der Waals surface area contributed by atoms with E-state index in [1.807, 2.05) is 6.92 Å². The molecular formula is C22H29NO4. The number of methoxy groups -OCH3 is 1. The fraction of sp³-hybridized carbons (Fsp3) is 0.545. The quantitative estimate of drug-likeness (QED) is 0.822. The molecule has 2 aliphatic rings. The Morgan fingerprint density at radius 2 is 1.93 bits per heavy atom. The fourth-order valence-electron chi connectivity index (χ4n) is 4.56. The second-order valence-corrected chi connectivity index (χ2v) is 7.74. The van der Waals surface area contributed by atoms with Crippen LogP contribution in [0.25, 0.3) is 5.57 Å². The predicted molar refractivity (Wildman–Crippen MR) is 104 cm³/mol. The molecule has 1 saturated carbocycles. The van der Waals surface area contributed by atoms with Gasteiger partial charge in [0.15, 0.2) is 0 Å². The van der Waals surface area contributed by atoms with Gasteiger partial charge in [-0.05, 0) is 62.6 Å². The third-order valence-electron chi connectivity index (χ3n) is 5.80. The molecule has 0 bridgehead atoms. The number of aryl methyl sites for hydroxylation is 3. The number of carbonyl (C=O) groups is 2. The topological polar surface area (TPSA) is 64.6 Å². The van der Waals surface area contributed by atoms with Gasteiger partial charge in [0, 0.05) is 14.0 Å². The largest absolute Gasteiger partial charge is 0.428 e. The first kappa shape index (κ1) is 19.6. The molecule has 0 aromatic heterocycles. The zero-order valence-corrected chi connectivity index (χ0v) is 16.9. The number of hydrogen-bond acceptors (Lipinski definition) is 4. The van der Waals surface area contributed by atoms with Crippen LogP contribution in [-0.4, -0.2) is 30.6 Å². The monoisotopic (exact) mass is 371 g/mol. The van der Waals surface area contributed by atoms with Crippen LogP contribution in [0.4, 0.5) is 0 Å². The highest BCUT2D eigenvalue weighted by Crippen LogP contribution is 2.45. The highest BCUT2D eigenvalue weighted by atomic mass is 16.5. The lowest BCUT2D eigenvalue weighted by Crippen LogP contribution is -2.49. The van der Waals surface area contributed by atoms with Crippen LogP contribution in [0.1, 0.15) is 61.8 Å². The minimum atomic E-state index is -0.616. The van der Waals surface area contributed by atoms with Crippen LogP contribution in [0.5, 0.6) is 0 Å². The Balaban J connectivity index is 2.17. The van der Waals surface area contributed by atoms with Gasteiger partial charge in [0.2, 0.25) is 0 Å². The van der Waals surface area contributed by atoms with Crippen molar-refractivity contribution in [2.24, 2.45) is 0 Å². The Morgan fingerprint density at radius 1 is 1.26 bits per heavy atom. The summed E-state index contributed by atoms with van der Waals surface area (Å²) in [5.41, 5.74) is 4.11. The first-order valence-electron chi connectivity index (χ1n) is 9.70. The van der Waals surface area contributed by atoms with Gasteiger partial charge >= 0.3 is 5.97 Å². The Kier molecular flexibility index (Phi) is 5.43. The van der Waals surface area contributed by atoms with E-state index in [0.29, 0.717) is 24.2 Å². The Labute approximate surface area is 161 Å². The van der Waals surface area contributed by atoms with Crippen LogP contribution in [0.2, 0.25) is 0 Å². The summed E-state index contributed by atoms with van der Waals surface area (Å²) in [6, 6.07) is 4.19. The average molecular weight is 371 g/mol. The van der Waals surface area contributed by atoms with Crippen molar-refractivity contribution >= 4 is 17.4 Å². The number of ether oxygens (including phenoxy) is 2. The molecule has 27 heavy (non-hydrogen) atoms. The van der Waals surface area contributed by atoms with Gasteiger partial charge in [0.1, 0.15) is 5.76 Å². The maximum atomic E-state index is 13.1. The highest BCUT2D eigenvalue weighted by molar-refractivity contribution is 6.24. The average Bonchev–Trinajstić information content (AvgIpc) is 2.86. The molecule has 1 heterocycles. The number of nitrogens with one attached hydrogen (secondary N) is 1. The van der Waals surface area contributed by atoms with Crippen LogP contribution in [0.3, 0.4) is 0 Å². The summed E-state index contributed by atoms with van der Waals surface area (Å²) in [5, 5.41) is 3.17. The van der Waals surface area contributed by atoms with Gasteiger partial charge in [-0.25, -0.2) is 0 Å². The molecular weight excluding hydrogens is 342 g/mol. The molecule has 5 heteroatoms. The normalized spacial score (nSPS) is 25.1. The van der Waals surface area contributed by atoms with Crippen molar-refractivity contribution in [3.63, 3.8) is 0 Å². The van der Waals surface area contributed by atoms with Crippen LogP contribution in [0, 0.1) is 13.8 Å². The lowest BCUT2D eigenvalue weighted by Gasteiger charge is -2.37. The van der Waals surface area contributed by atoms with E-state index >= 15 is 0 Å². The van der Waals surface area contributed by atoms with E-state index in [1.165, 1.54) is 6.92 Å². The molecule has 0 radical (unpaired) electrons. The van der Waals surface area contributed by atoms with E-state index in [-0.39, 0.29) is 12.0 Å². The lowest BCUT2D eigenvalue weighted by atomic mass is 9.78. The second-order valence-electron chi connectivity index (χ2n) is 7.74. The van der Waals surface area contributed by atoms with Crippen molar-refractivity contribution in [3.8, 4) is 0 Å². The third kappa shape index (κ3) is 3.53. The van der Waals surface area contributed by atoms with E-state index in [4.69, 9.17) is 9.47 Å². The van der Waals surface area contributed by atoms with E-state index in [2.05, 4.69) is 31.3 Å². The molecule has 1 N–H and O–H groups in total. The van der Waals surface area contributed by atoms with Crippen LogP contribution in [-0.2, 0) is 25.5 Å². The Hall–Kier alpha value is -2.14. The van der Waals surface area contributed by atoms with E-state index in [9.17, 15) is 9.59 Å². The third-order valence-corrected chi connectivity index (χ3v) is 5.80. The van der Waals surface area contributed by atoms with Crippen molar-refractivity contribution in [1.29, 1.82) is 0 Å². The maximum Gasteiger partial charge on any atom is 0.307 e. The standard InChI is InChI=1S/C22H29NO4/c1-6-16-12-13(2)11-14(3)18(16)19-20(27-15(4)24)22(23-21(19)25)9-7-17(26-5)8-10-22/h11-12,17H,6-10H2,1-5H3,(H,23,25). The molecule has 146 valence electrons. The van der Waals surface area contributed by atoms with Gasteiger partial charge in [0.05, 0.1) is 17.2 Å². The Bertz CT molecular complexity index is 801.